The number of benzene rings is 3. The molecule has 28 heavy (non-hydrogen) atoms. The lowest BCUT2D eigenvalue weighted by Gasteiger charge is -2.12. The van der Waals surface area contributed by atoms with Crippen molar-refractivity contribution in [2.75, 3.05) is 10.6 Å². The molecule has 0 saturated carbocycles. The van der Waals surface area contributed by atoms with Crippen LogP contribution in [0, 0.1) is 11.3 Å². The van der Waals surface area contributed by atoms with Crippen molar-refractivity contribution in [1.82, 2.24) is 0 Å². The van der Waals surface area contributed by atoms with Crippen molar-refractivity contribution < 1.29 is 9.59 Å². The van der Waals surface area contributed by atoms with Crippen LogP contribution in [0.4, 0.5) is 11.4 Å². The van der Waals surface area contributed by atoms with Crippen LogP contribution in [0.2, 0.25) is 0 Å². The number of anilines is 2. The predicted octanol–water partition coefficient (Wildman–Crippen LogP) is 5.02. The Hall–Kier alpha value is -3.43. The number of carbonyl (C=O) groups is 2. The number of hydrogen-bond donors (Lipinski definition) is 2. The van der Waals surface area contributed by atoms with E-state index in [9.17, 15) is 9.59 Å². The molecule has 3 aromatic carbocycles. The van der Waals surface area contributed by atoms with Crippen LogP contribution < -0.4 is 10.6 Å². The van der Waals surface area contributed by atoms with Gasteiger partial charge in [-0.3, -0.25) is 9.59 Å². The number of para-hydroxylation sites is 1. The minimum atomic E-state index is -0.337. The van der Waals surface area contributed by atoms with Crippen LogP contribution in [0.3, 0.4) is 0 Å². The maximum atomic E-state index is 12.7. The first-order valence-electron chi connectivity index (χ1n) is 8.50. The zero-order valence-corrected chi connectivity index (χ0v) is 16.4. The summed E-state index contributed by atoms with van der Waals surface area (Å²) in [6, 6.07) is 23.0. The zero-order chi connectivity index (χ0) is 19.9. The van der Waals surface area contributed by atoms with Gasteiger partial charge in [-0.25, -0.2) is 0 Å². The first-order valence-corrected chi connectivity index (χ1v) is 9.30. The summed E-state index contributed by atoms with van der Waals surface area (Å²) < 4.78 is 0.673. The Labute approximate surface area is 171 Å². The summed E-state index contributed by atoms with van der Waals surface area (Å²) in [5.41, 5.74) is 2.73. The molecule has 0 radical (unpaired) electrons. The molecule has 2 amide bonds. The number of nitrogens with one attached hydrogen (secondary N) is 2. The molecule has 3 rings (SSSR count). The predicted molar refractivity (Wildman–Crippen MR) is 112 cm³/mol. The molecule has 0 spiro atoms. The monoisotopic (exact) mass is 433 g/mol. The number of carbonyl (C=O) groups excluding carboxylic acids is 2. The average Bonchev–Trinajstić information content (AvgIpc) is 2.70. The highest BCUT2D eigenvalue weighted by atomic mass is 79.9. The summed E-state index contributed by atoms with van der Waals surface area (Å²) in [6.07, 6.45) is 0.318. The van der Waals surface area contributed by atoms with Gasteiger partial charge in [0, 0.05) is 10.2 Å². The molecule has 0 aliphatic carbocycles. The van der Waals surface area contributed by atoms with Gasteiger partial charge in [-0.05, 0) is 57.9 Å². The van der Waals surface area contributed by atoms with Crippen LogP contribution in [0.25, 0.3) is 0 Å². The Morgan fingerprint density at radius 3 is 2.11 bits per heavy atom. The molecule has 3 aromatic rings. The van der Waals surface area contributed by atoms with Crippen molar-refractivity contribution >= 4 is 39.1 Å². The number of hydrogen-bond acceptors (Lipinski definition) is 3. The zero-order valence-electron chi connectivity index (χ0n) is 14.8. The Kier molecular flexibility index (Phi) is 6.20. The lowest BCUT2D eigenvalue weighted by atomic mass is 10.1. The van der Waals surface area contributed by atoms with Gasteiger partial charge >= 0.3 is 0 Å². The molecule has 0 atom stereocenters. The Balaban J connectivity index is 1.78. The van der Waals surface area contributed by atoms with E-state index in [2.05, 4.69) is 32.6 Å². The van der Waals surface area contributed by atoms with E-state index in [-0.39, 0.29) is 11.8 Å². The molecule has 0 aliphatic heterocycles. The number of nitriles is 1. The fourth-order valence-corrected chi connectivity index (χ4v) is 3.09. The van der Waals surface area contributed by atoms with Gasteiger partial charge in [0.15, 0.2) is 0 Å². The first kappa shape index (κ1) is 19.3. The molecule has 0 fully saturated rings. The van der Waals surface area contributed by atoms with E-state index in [1.807, 2.05) is 6.07 Å². The third-order valence-corrected chi connectivity index (χ3v) is 4.72. The highest BCUT2D eigenvalue weighted by Crippen LogP contribution is 2.21. The molecule has 0 unspecified atom stereocenters. The Morgan fingerprint density at radius 2 is 1.43 bits per heavy atom. The van der Waals surface area contributed by atoms with Crippen molar-refractivity contribution in [3.63, 3.8) is 0 Å². The maximum absolute atomic E-state index is 12.7. The van der Waals surface area contributed by atoms with Crippen molar-refractivity contribution in [1.29, 1.82) is 5.26 Å². The molecule has 0 saturated heterocycles. The molecule has 2 N–H and O–H groups in total. The van der Waals surface area contributed by atoms with Crippen LogP contribution in [0.15, 0.2) is 77.3 Å². The van der Waals surface area contributed by atoms with Gasteiger partial charge < -0.3 is 10.6 Å². The first-order chi connectivity index (χ1) is 13.6. The normalized spacial score (nSPS) is 10.0. The summed E-state index contributed by atoms with van der Waals surface area (Å²) in [6.45, 7) is 0. The van der Waals surface area contributed by atoms with Crippen molar-refractivity contribution in [2.45, 2.75) is 6.42 Å². The topological polar surface area (TPSA) is 82.0 Å². The van der Waals surface area contributed by atoms with E-state index in [0.717, 1.165) is 5.56 Å². The quantitative estimate of drug-likeness (QED) is 0.592. The van der Waals surface area contributed by atoms with Crippen LogP contribution in [-0.2, 0) is 6.42 Å². The van der Waals surface area contributed by atoms with Crippen LogP contribution in [-0.4, -0.2) is 11.8 Å². The Morgan fingerprint density at radius 1 is 0.821 bits per heavy atom. The fourth-order valence-electron chi connectivity index (χ4n) is 2.62. The van der Waals surface area contributed by atoms with Crippen LogP contribution in [0.1, 0.15) is 26.3 Å². The molecule has 5 nitrogen and oxygen atoms in total. The number of rotatable bonds is 5. The van der Waals surface area contributed by atoms with Crippen molar-refractivity contribution in [2.24, 2.45) is 0 Å². The van der Waals surface area contributed by atoms with Crippen LogP contribution >= 0.6 is 15.9 Å². The highest BCUT2D eigenvalue weighted by molar-refractivity contribution is 9.10. The molecule has 138 valence electrons. The molecule has 0 aromatic heterocycles. The van der Waals surface area contributed by atoms with E-state index >= 15 is 0 Å². The average molecular weight is 434 g/mol. The standard InChI is InChI=1S/C22H16BrN3O2/c23-19-7-3-1-5-17(19)21(27)26-20-8-4-2-6-18(20)22(28)25-16-11-9-15(10-12-16)13-14-24/h1-12H,13H2,(H,25,28)(H,26,27). The summed E-state index contributed by atoms with van der Waals surface area (Å²) in [7, 11) is 0. The molecule has 6 heteroatoms. The minimum Gasteiger partial charge on any atom is -0.322 e. The number of amides is 2. The van der Waals surface area contributed by atoms with Gasteiger partial charge in [-0.2, -0.15) is 5.26 Å². The van der Waals surface area contributed by atoms with E-state index in [1.54, 1.807) is 66.7 Å². The maximum Gasteiger partial charge on any atom is 0.257 e. The Bertz CT molecular complexity index is 1060. The van der Waals surface area contributed by atoms with Gasteiger partial charge in [0.1, 0.15) is 0 Å². The van der Waals surface area contributed by atoms with E-state index in [0.29, 0.717) is 33.4 Å². The molecular formula is C22H16BrN3O2. The fraction of sp³-hybridized carbons (Fsp3) is 0.0455. The van der Waals surface area contributed by atoms with Gasteiger partial charge in [0.05, 0.1) is 29.3 Å². The highest BCUT2D eigenvalue weighted by Gasteiger charge is 2.15. The molecule has 0 aliphatic rings. The third kappa shape index (κ3) is 4.64. The second-order valence-electron chi connectivity index (χ2n) is 5.97. The third-order valence-electron chi connectivity index (χ3n) is 4.03. The summed E-state index contributed by atoms with van der Waals surface area (Å²) in [5.74, 6) is -0.648. The van der Waals surface area contributed by atoms with Gasteiger partial charge in [0.25, 0.3) is 11.8 Å². The SMILES string of the molecule is N#CCc1ccc(NC(=O)c2ccccc2NC(=O)c2ccccc2Br)cc1. The molecular weight excluding hydrogens is 418 g/mol. The lowest BCUT2D eigenvalue weighted by Crippen LogP contribution is -2.18. The van der Waals surface area contributed by atoms with E-state index < -0.39 is 0 Å². The smallest absolute Gasteiger partial charge is 0.257 e. The second-order valence-corrected chi connectivity index (χ2v) is 6.82. The molecule has 0 heterocycles. The lowest BCUT2D eigenvalue weighted by molar-refractivity contribution is 0.102. The molecule has 0 bridgehead atoms. The van der Waals surface area contributed by atoms with Crippen molar-refractivity contribution in [3.8, 4) is 6.07 Å². The number of halogens is 1. The van der Waals surface area contributed by atoms with Crippen LogP contribution in [0.5, 0.6) is 0 Å². The largest absolute Gasteiger partial charge is 0.322 e. The summed E-state index contributed by atoms with van der Waals surface area (Å²) in [5, 5.41) is 14.3. The van der Waals surface area contributed by atoms with Gasteiger partial charge in [-0.1, -0.05) is 36.4 Å². The van der Waals surface area contributed by atoms with Gasteiger partial charge in [0.2, 0.25) is 0 Å². The second kappa shape index (κ2) is 8.98. The van der Waals surface area contributed by atoms with Crippen molar-refractivity contribution in [3.05, 3.63) is 94.0 Å². The summed E-state index contributed by atoms with van der Waals surface area (Å²) >= 11 is 3.36. The van der Waals surface area contributed by atoms with E-state index in [4.69, 9.17) is 5.26 Å². The summed E-state index contributed by atoms with van der Waals surface area (Å²) in [4.78, 5) is 25.3. The van der Waals surface area contributed by atoms with E-state index in [1.165, 1.54) is 0 Å². The van der Waals surface area contributed by atoms with Gasteiger partial charge in [-0.15, -0.1) is 0 Å². The number of nitrogens with zero attached hydrogens (tertiary/aromatic N) is 1. The minimum absolute atomic E-state index is 0.311.